The molecule has 5 N–H and O–H groups in total. The molecule has 16 heteroatoms. The number of aliphatic hydroxyl groups excluding tert-OH is 2. The van der Waals surface area contributed by atoms with Gasteiger partial charge in [0.15, 0.2) is 43.2 Å². The van der Waals surface area contributed by atoms with Crippen LogP contribution in [0.3, 0.4) is 0 Å². The van der Waals surface area contributed by atoms with Crippen LogP contribution in [-0.2, 0) is 50.9 Å². The second-order valence-corrected chi connectivity index (χ2v) is 24.2. The average molecular weight is 1080 g/mol. The third kappa shape index (κ3) is 13.2. The van der Waals surface area contributed by atoms with Crippen molar-refractivity contribution in [2.45, 2.75) is 153 Å². The molecule has 0 spiro atoms. The average Bonchev–Trinajstić information content (AvgIpc) is 4.16. The Hall–Kier alpha value is -4.67. The number of benzene rings is 2. The van der Waals surface area contributed by atoms with E-state index in [-0.39, 0.29) is 54.1 Å². The van der Waals surface area contributed by atoms with Gasteiger partial charge in [-0.05, 0) is 137 Å². The van der Waals surface area contributed by atoms with E-state index in [9.17, 15) is 38.9 Å². The second kappa shape index (κ2) is 25.2. The summed E-state index contributed by atoms with van der Waals surface area (Å²) in [6.07, 6.45) is 23.7. The van der Waals surface area contributed by atoms with Crippen LogP contribution in [0.25, 0.3) is 6.08 Å². The van der Waals surface area contributed by atoms with Gasteiger partial charge in [-0.1, -0.05) is 94.0 Å². The van der Waals surface area contributed by atoms with Crippen LogP contribution < -0.4 is 14.4 Å². The van der Waals surface area contributed by atoms with E-state index in [1.54, 1.807) is 59.5 Å². The number of nitrogens with one attached hydrogen (secondary N) is 1. The third-order valence-electron chi connectivity index (χ3n) is 18.0. The fraction of sp³-hybridized carbons (Fsp3) is 0.574. The Kier molecular flexibility index (Phi) is 18.7. The summed E-state index contributed by atoms with van der Waals surface area (Å²) in [5.74, 6) is -1.13. The summed E-state index contributed by atoms with van der Waals surface area (Å²) in [7, 11) is -4.93. The number of hydrogen-bond donors (Lipinski definition) is 5. The normalized spacial score (nSPS) is 29.3. The number of carbonyl (C=O) groups excluding carboxylic acids is 3. The SMILES string of the molecule is C[C@]12C=CC(=O)C=C1CCC1C2[C@@H](O)C[C@@]2(C)C1C[C@@H]1O[C@@H](C3CCCCC3)O[C@]12C(=O)COC(=O)C=Cc1ccc[n+](Cc2cc(C(O)CNCCCCCCOCCCCc3ccccc3)ccc2OP(=O)(O)O)c1. The van der Waals surface area contributed by atoms with E-state index in [0.29, 0.717) is 29.5 Å². The maximum Gasteiger partial charge on any atom is 0.524 e. The van der Waals surface area contributed by atoms with Crippen LogP contribution in [0.4, 0.5) is 0 Å². The number of aliphatic hydroxyl groups is 2. The van der Waals surface area contributed by atoms with Crippen molar-refractivity contribution in [1.82, 2.24) is 5.32 Å². The Bertz CT molecular complexity index is 2680. The first-order valence-electron chi connectivity index (χ1n) is 28.3. The van der Waals surface area contributed by atoms with Gasteiger partial charge in [0, 0.05) is 60.1 Å². The second-order valence-electron chi connectivity index (χ2n) is 23.0. The van der Waals surface area contributed by atoms with Crippen LogP contribution in [0.2, 0.25) is 0 Å². The van der Waals surface area contributed by atoms with Crippen molar-refractivity contribution < 1.29 is 67.0 Å². The Morgan fingerprint density at radius 3 is 2.53 bits per heavy atom. The first-order valence-corrected chi connectivity index (χ1v) is 29.8. The van der Waals surface area contributed by atoms with Crippen LogP contribution in [0, 0.1) is 34.5 Å². The summed E-state index contributed by atoms with van der Waals surface area (Å²) in [4.78, 5) is 60.4. The molecule has 5 fully saturated rings. The number of aryl methyl sites for hydroxylation is 1. The predicted octanol–water partition coefficient (Wildman–Crippen LogP) is 8.79. The number of pyridine rings is 1. The van der Waals surface area contributed by atoms with Gasteiger partial charge in [0.25, 0.3) is 0 Å². The van der Waals surface area contributed by atoms with Crippen molar-refractivity contribution in [3.05, 3.63) is 125 Å². The highest BCUT2D eigenvalue weighted by atomic mass is 31.2. The summed E-state index contributed by atoms with van der Waals surface area (Å²) in [5.41, 5.74) is 1.26. The highest BCUT2D eigenvalue weighted by molar-refractivity contribution is 7.46. The van der Waals surface area contributed by atoms with Gasteiger partial charge in [0.05, 0.1) is 23.9 Å². The number of ketones is 2. The largest absolute Gasteiger partial charge is 0.524 e. The lowest BCUT2D eigenvalue weighted by Gasteiger charge is -2.59. The minimum atomic E-state index is -4.93. The summed E-state index contributed by atoms with van der Waals surface area (Å²) in [5, 5.41) is 26.7. The number of nitrogens with zero attached hydrogens (tertiary/aromatic N) is 1. The van der Waals surface area contributed by atoms with Gasteiger partial charge in [-0.3, -0.25) is 19.4 Å². The molecule has 15 nitrogen and oxygen atoms in total. The molecule has 0 bridgehead atoms. The molecule has 4 saturated carbocycles. The van der Waals surface area contributed by atoms with E-state index in [2.05, 4.69) is 43.4 Å². The van der Waals surface area contributed by atoms with Gasteiger partial charge in [0.2, 0.25) is 5.78 Å². The molecule has 4 unspecified atom stereocenters. The van der Waals surface area contributed by atoms with E-state index in [4.69, 9.17) is 23.5 Å². The number of phosphoric acid groups is 1. The smallest absolute Gasteiger partial charge is 0.454 e. The third-order valence-corrected chi connectivity index (χ3v) is 18.4. The van der Waals surface area contributed by atoms with Crippen LogP contribution >= 0.6 is 7.82 Å². The molecule has 1 aromatic heterocycles. The summed E-state index contributed by atoms with van der Waals surface area (Å²) in [6, 6.07) is 18.7. The van der Waals surface area contributed by atoms with Crippen molar-refractivity contribution in [3.63, 3.8) is 0 Å². The number of phosphoric ester groups is 1. The van der Waals surface area contributed by atoms with Crippen molar-refractivity contribution in [1.29, 1.82) is 0 Å². The van der Waals surface area contributed by atoms with Crippen LogP contribution in [-0.4, -0.2) is 94.5 Å². The van der Waals surface area contributed by atoms with Gasteiger partial charge >= 0.3 is 13.8 Å². The van der Waals surface area contributed by atoms with Crippen molar-refractivity contribution in [3.8, 4) is 5.75 Å². The zero-order valence-electron chi connectivity index (χ0n) is 44.8. The molecular formula is C61H80N2O13P+. The maximum atomic E-state index is 15.0. The number of hydrogen-bond acceptors (Lipinski definition) is 12. The topological polar surface area (TPSA) is 211 Å². The molecule has 10 atom stereocenters. The Morgan fingerprint density at radius 2 is 1.74 bits per heavy atom. The number of unbranched alkanes of at least 4 members (excludes halogenated alkanes) is 4. The number of Topliss-reactive ketones (excluding diaryl/α,β-unsaturated/α-hetero) is 1. The van der Waals surface area contributed by atoms with E-state index in [1.807, 2.05) is 12.1 Å². The first-order chi connectivity index (χ1) is 37.1. The Morgan fingerprint density at radius 1 is 0.961 bits per heavy atom. The van der Waals surface area contributed by atoms with E-state index < -0.39 is 61.4 Å². The summed E-state index contributed by atoms with van der Waals surface area (Å²) < 4.78 is 44.2. The molecule has 2 heterocycles. The van der Waals surface area contributed by atoms with Gasteiger partial charge in [-0.25, -0.2) is 13.9 Å². The zero-order chi connectivity index (χ0) is 54.2. The minimum Gasteiger partial charge on any atom is -0.454 e. The number of carbonyl (C=O) groups is 3. The van der Waals surface area contributed by atoms with Crippen LogP contribution in [0.1, 0.15) is 139 Å². The number of fused-ring (bicyclic) bond motifs is 7. The number of ether oxygens (including phenoxy) is 4. The van der Waals surface area contributed by atoms with Crippen LogP contribution in [0.5, 0.6) is 5.75 Å². The number of aromatic nitrogens is 1. The van der Waals surface area contributed by atoms with Crippen molar-refractivity contribution in [2.24, 2.45) is 34.5 Å². The molecule has 1 aliphatic heterocycles. The molecule has 77 heavy (non-hydrogen) atoms. The van der Waals surface area contributed by atoms with Crippen LogP contribution in [0.15, 0.2) is 103 Å². The minimum absolute atomic E-state index is 0.0150. The van der Waals surface area contributed by atoms with E-state index >= 15 is 0 Å². The van der Waals surface area contributed by atoms with Gasteiger partial charge in [-0.15, -0.1) is 0 Å². The monoisotopic (exact) mass is 1080 g/mol. The van der Waals surface area contributed by atoms with Crippen molar-refractivity contribution >= 4 is 31.4 Å². The molecule has 6 aliphatic rings. The maximum absolute atomic E-state index is 15.0. The lowest BCUT2D eigenvalue weighted by Crippen LogP contribution is -2.63. The predicted molar refractivity (Wildman–Crippen MR) is 289 cm³/mol. The quantitative estimate of drug-likeness (QED) is 0.0177. The Balaban J connectivity index is 0.785. The zero-order valence-corrected chi connectivity index (χ0v) is 45.7. The first kappa shape index (κ1) is 57.0. The molecule has 0 radical (unpaired) electrons. The van der Waals surface area contributed by atoms with Crippen molar-refractivity contribution in [2.75, 3.05) is 32.9 Å². The van der Waals surface area contributed by atoms with E-state index in [1.165, 1.54) is 17.7 Å². The molecule has 416 valence electrons. The lowest BCUT2D eigenvalue weighted by atomic mass is 9.46. The fourth-order valence-electron chi connectivity index (χ4n) is 14.2. The number of rotatable bonds is 25. The highest BCUT2D eigenvalue weighted by Crippen LogP contribution is 2.70. The van der Waals surface area contributed by atoms with E-state index in [0.717, 1.165) is 115 Å². The molecule has 3 aromatic rings. The molecule has 2 aromatic carbocycles. The van der Waals surface area contributed by atoms with Gasteiger partial charge in [0.1, 0.15) is 5.75 Å². The molecular weight excluding hydrogens is 1000 g/mol. The summed E-state index contributed by atoms with van der Waals surface area (Å²) in [6.45, 7) is 6.31. The van der Waals surface area contributed by atoms with Gasteiger partial charge in [-0.2, -0.15) is 0 Å². The fourth-order valence-corrected chi connectivity index (χ4v) is 14.6. The number of allylic oxidation sites excluding steroid dienone is 4. The Labute approximate surface area is 453 Å². The molecule has 0 amide bonds. The highest BCUT2D eigenvalue weighted by Gasteiger charge is 2.76. The molecule has 9 rings (SSSR count). The molecule has 1 saturated heterocycles. The number of esters is 1. The lowest BCUT2D eigenvalue weighted by molar-refractivity contribution is -0.688. The standard InChI is InChI=1S/C61H79N2O13P/c1-59-29-28-48(64)35-47(59)24-25-49-50-36-55-61(60(50,2)37-51(65)57(49)59,75-58(74-55)44-20-9-6-10-21-44)54(67)41-73-56(68)27-22-43-19-15-31-63(39-43)40-46-34-45(23-26-53(46)76-77(69,70)71)52(66)38-62-30-12-3-4-13-32-72-33-14-11-18-42-16-7-5-8-17-42/h5,7-8,15-17,19,22-23,26-29,31,34-35,39,44,49-52,55,57-58,62,65-66H,3-4,6,9-14,18,20-21,24-25,30,32-33,36-38,40-41H2,1-2H3,(H-,69,70,71)/p+1/t49?,50?,51-,52?,55-,57?,58+,59-,60-,61+/m0/s1. The molecule has 5 aliphatic carbocycles. The van der Waals surface area contributed by atoms with Gasteiger partial charge < -0.3 is 39.0 Å². The summed E-state index contributed by atoms with van der Waals surface area (Å²) >= 11 is 0.